The molecule has 1 heterocycles. The Balaban J connectivity index is 2.05. The highest BCUT2D eigenvalue weighted by molar-refractivity contribution is 5.94. The molecule has 2 rings (SSSR count). The summed E-state index contributed by atoms with van der Waals surface area (Å²) in [6.45, 7) is 2.13. The number of benzene rings is 1. The van der Waals surface area contributed by atoms with Crippen molar-refractivity contribution in [3.63, 3.8) is 0 Å². The molecule has 5 heteroatoms. The van der Waals surface area contributed by atoms with Crippen molar-refractivity contribution in [1.82, 2.24) is 4.90 Å². The molecule has 0 aliphatic carbocycles. The van der Waals surface area contributed by atoms with Crippen molar-refractivity contribution in [2.45, 2.75) is 31.9 Å². The highest BCUT2D eigenvalue weighted by atomic mass is 16.4. The monoisotopic (exact) mass is 289 g/mol. The Morgan fingerprint density at radius 3 is 2.57 bits per heavy atom. The lowest BCUT2D eigenvalue weighted by Crippen LogP contribution is -2.39. The van der Waals surface area contributed by atoms with Gasteiger partial charge in [0, 0.05) is 19.0 Å². The average Bonchev–Trinajstić information content (AvgIpc) is 2.87. The van der Waals surface area contributed by atoms with Crippen LogP contribution in [0.25, 0.3) is 6.08 Å². The predicted octanol–water partition coefficient (Wildman–Crippen LogP) is 1.31. The summed E-state index contributed by atoms with van der Waals surface area (Å²) >= 11 is 0. The molecule has 1 amide bonds. The van der Waals surface area contributed by atoms with Crippen LogP contribution in [-0.2, 0) is 16.0 Å². The molecule has 0 spiro atoms. The fraction of sp³-hybridized carbons (Fsp3) is 0.375. The molecule has 2 N–H and O–H groups in total. The van der Waals surface area contributed by atoms with E-state index in [-0.39, 0.29) is 13.0 Å². The largest absolute Gasteiger partial charge is 0.480 e. The molecule has 1 aromatic rings. The predicted molar refractivity (Wildman–Crippen MR) is 78.6 cm³/mol. The lowest BCUT2D eigenvalue weighted by Gasteiger charge is -2.19. The van der Waals surface area contributed by atoms with E-state index < -0.39 is 24.0 Å². The van der Waals surface area contributed by atoms with Crippen LogP contribution < -0.4 is 0 Å². The maximum atomic E-state index is 12.1. The maximum absolute atomic E-state index is 12.1. The first-order chi connectivity index (χ1) is 10.0. The second kappa shape index (κ2) is 6.54. The van der Waals surface area contributed by atoms with Gasteiger partial charge in [-0.25, -0.2) is 4.79 Å². The summed E-state index contributed by atoms with van der Waals surface area (Å²) < 4.78 is 0. The molecule has 112 valence electrons. The molecule has 21 heavy (non-hydrogen) atoms. The summed E-state index contributed by atoms with van der Waals surface area (Å²) in [5.41, 5.74) is 2.10. The summed E-state index contributed by atoms with van der Waals surface area (Å²) in [4.78, 5) is 24.3. The van der Waals surface area contributed by atoms with Crippen LogP contribution in [0.5, 0.6) is 0 Å². The second-order valence-electron chi connectivity index (χ2n) is 5.16. The minimum atomic E-state index is -1.08. The number of β-amino-alcohol motifs (C(OH)–C–C–N with tert-alkyl or cyclic N) is 1. The molecular formula is C16H19NO4. The number of amides is 1. The van der Waals surface area contributed by atoms with Crippen molar-refractivity contribution in [2.24, 2.45) is 0 Å². The van der Waals surface area contributed by atoms with Crippen LogP contribution in [-0.4, -0.2) is 45.7 Å². The number of aliphatic hydroxyl groups is 1. The van der Waals surface area contributed by atoms with Gasteiger partial charge in [0.2, 0.25) is 5.91 Å². The van der Waals surface area contributed by atoms with Gasteiger partial charge in [0.15, 0.2) is 0 Å². The normalized spacial score (nSPS) is 21.9. The Bertz CT molecular complexity index is 550. The van der Waals surface area contributed by atoms with E-state index in [0.29, 0.717) is 0 Å². The van der Waals surface area contributed by atoms with Crippen LogP contribution in [0.3, 0.4) is 0 Å². The first kappa shape index (κ1) is 15.3. The molecule has 0 saturated carbocycles. The quantitative estimate of drug-likeness (QED) is 0.819. The molecule has 1 saturated heterocycles. The number of rotatable bonds is 4. The Kier molecular flexibility index (Phi) is 4.75. The van der Waals surface area contributed by atoms with E-state index in [9.17, 15) is 14.7 Å². The standard InChI is InChI=1S/C16H19NO4/c1-2-11-3-5-12(6-4-11)7-8-15(19)17-10-13(18)9-14(17)16(20)21/h3-8,13-14,18H,2,9-10H2,1H3,(H,20,21)/b8-7+/t13?,14-/m0/s1. The van der Waals surface area contributed by atoms with E-state index in [1.165, 1.54) is 16.5 Å². The molecule has 1 aromatic carbocycles. The lowest BCUT2D eigenvalue weighted by atomic mass is 10.1. The van der Waals surface area contributed by atoms with Gasteiger partial charge >= 0.3 is 5.97 Å². The number of carboxylic acid groups (broad SMARTS) is 1. The van der Waals surface area contributed by atoms with Crippen LogP contribution in [0.15, 0.2) is 30.3 Å². The van der Waals surface area contributed by atoms with Crippen molar-refractivity contribution >= 4 is 18.0 Å². The zero-order valence-corrected chi connectivity index (χ0v) is 11.9. The third-order valence-corrected chi connectivity index (χ3v) is 3.65. The topological polar surface area (TPSA) is 77.8 Å². The van der Waals surface area contributed by atoms with Crippen LogP contribution in [0.2, 0.25) is 0 Å². The van der Waals surface area contributed by atoms with E-state index in [0.717, 1.165) is 12.0 Å². The minimum absolute atomic E-state index is 0.0644. The number of likely N-dealkylation sites (tertiary alicyclic amines) is 1. The molecule has 1 aliphatic heterocycles. The minimum Gasteiger partial charge on any atom is -0.480 e. The summed E-state index contributed by atoms with van der Waals surface area (Å²) in [6, 6.07) is 6.86. The van der Waals surface area contributed by atoms with E-state index >= 15 is 0 Å². The Morgan fingerprint density at radius 2 is 2.00 bits per heavy atom. The van der Waals surface area contributed by atoms with Crippen LogP contribution in [0.4, 0.5) is 0 Å². The highest BCUT2D eigenvalue weighted by Gasteiger charge is 2.37. The molecule has 0 radical (unpaired) electrons. The fourth-order valence-electron chi connectivity index (χ4n) is 2.42. The number of aryl methyl sites for hydroxylation is 1. The van der Waals surface area contributed by atoms with Gasteiger partial charge in [0.05, 0.1) is 6.10 Å². The first-order valence-corrected chi connectivity index (χ1v) is 6.99. The van der Waals surface area contributed by atoms with E-state index in [2.05, 4.69) is 6.92 Å². The number of carbonyl (C=O) groups excluding carboxylic acids is 1. The van der Waals surface area contributed by atoms with Crippen molar-refractivity contribution in [3.8, 4) is 0 Å². The molecular weight excluding hydrogens is 270 g/mol. The molecule has 1 fully saturated rings. The number of carboxylic acids is 1. The molecule has 2 atom stereocenters. The maximum Gasteiger partial charge on any atom is 0.326 e. The lowest BCUT2D eigenvalue weighted by molar-refractivity contribution is -0.146. The van der Waals surface area contributed by atoms with Gasteiger partial charge in [-0.05, 0) is 23.6 Å². The van der Waals surface area contributed by atoms with E-state index in [1.807, 2.05) is 24.3 Å². The van der Waals surface area contributed by atoms with Crippen molar-refractivity contribution < 1.29 is 19.8 Å². The number of aliphatic hydroxyl groups excluding tert-OH is 1. The van der Waals surface area contributed by atoms with Crippen molar-refractivity contribution in [1.29, 1.82) is 0 Å². The van der Waals surface area contributed by atoms with Crippen molar-refractivity contribution in [2.75, 3.05) is 6.54 Å². The smallest absolute Gasteiger partial charge is 0.326 e. The van der Waals surface area contributed by atoms with Crippen LogP contribution in [0.1, 0.15) is 24.5 Å². The fourth-order valence-corrected chi connectivity index (χ4v) is 2.42. The van der Waals surface area contributed by atoms with Gasteiger partial charge in [-0.15, -0.1) is 0 Å². The molecule has 0 aromatic heterocycles. The van der Waals surface area contributed by atoms with Gasteiger partial charge in [-0.1, -0.05) is 31.2 Å². The van der Waals surface area contributed by atoms with Gasteiger partial charge in [-0.2, -0.15) is 0 Å². The Labute approximate surface area is 123 Å². The van der Waals surface area contributed by atoms with Crippen LogP contribution in [0, 0.1) is 0 Å². The highest BCUT2D eigenvalue weighted by Crippen LogP contribution is 2.19. The van der Waals surface area contributed by atoms with Gasteiger partial charge < -0.3 is 15.1 Å². The molecule has 0 bridgehead atoms. The SMILES string of the molecule is CCc1ccc(/C=C/C(=O)N2CC(O)C[C@H]2C(=O)O)cc1. The Morgan fingerprint density at radius 1 is 1.33 bits per heavy atom. The summed E-state index contributed by atoms with van der Waals surface area (Å²) in [6.07, 6.45) is 3.28. The molecule has 1 unspecified atom stereocenters. The van der Waals surface area contributed by atoms with E-state index in [4.69, 9.17) is 5.11 Å². The zero-order valence-electron chi connectivity index (χ0n) is 11.9. The van der Waals surface area contributed by atoms with Crippen LogP contribution >= 0.6 is 0 Å². The number of nitrogens with zero attached hydrogens (tertiary/aromatic N) is 1. The summed E-state index contributed by atoms with van der Waals surface area (Å²) in [7, 11) is 0. The number of hydrogen-bond donors (Lipinski definition) is 2. The third kappa shape index (κ3) is 3.70. The first-order valence-electron chi connectivity index (χ1n) is 6.99. The number of hydrogen-bond acceptors (Lipinski definition) is 3. The van der Waals surface area contributed by atoms with Gasteiger partial charge in [0.1, 0.15) is 6.04 Å². The zero-order chi connectivity index (χ0) is 15.4. The number of aliphatic carboxylic acids is 1. The summed E-state index contributed by atoms with van der Waals surface area (Å²) in [5, 5.41) is 18.6. The molecule has 1 aliphatic rings. The van der Waals surface area contributed by atoms with Gasteiger partial charge in [-0.3, -0.25) is 4.79 Å². The van der Waals surface area contributed by atoms with Gasteiger partial charge in [0.25, 0.3) is 0 Å². The summed E-state index contributed by atoms with van der Waals surface area (Å²) in [5.74, 6) is -1.47. The number of carbonyl (C=O) groups is 2. The molecule has 5 nitrogen and oxygen atoms in total. The second-order valence-corrected chi connectivity index (χ2v) is 5.16. The third-order valence-electron chi connectivity index (χ3n) is 3.65. The van der Waals surface area contributed by atoms with E-state index in [1.54, 1.807) is 6.08 Å². The Hall–Kier alpha value is -2.14. The average molecular weight is 289 g/mol. The van der Waals surface area contributed by atoms with Crippen molar-refractivity contribution in [3.05, 3.63) is 41.5 Å².